The summed E-state index contributed by atoms with van der Waals surface area (Å²) in [4.78, 5) is 35.8. The van der Waals surface area contributed by atoms with Crippen molar-refractivity contribution in [2.45, 2.75) is 18.9 Å². The topological polar surface area (TPSA) is 119 Å². The molecule has 40 heavy (non-hydrogen) atoms. The van der Waals surface area contributed by atoms with Gasteiger partial charge in [0.1, 0.15) is 23.8 Å². The molecule has 0 radical (unpaired) electrons. The van der Waals surface area contributed by atoms with Gasteiger partial charge in [0.15, 0.2) is 0 Å². The van der Waals surface area contributed by atoms with Crippen molar-refractivity contribution in [1.82, 2.24) is 19.9 Å². The second kappa shape index (κ2) is 12.1. The molecule has 208 valence electrons. The Morgan fingerprint density at radius 2 is 2.02 bits per heavy atom. The number of nitrogens with one attached hydrogen (secondary N) is 1. The molecule has 5 rings (SSSR count). The van der Waals surface area contributed by atoms with Crippen LogP contribution in [0.1, 0.15) is 23.2 Å². The van der Waals surface area contributed by atoms with Gasteiger partial charge in [0.25, 0.3) is 0 Å². The van der Waals surface area contributed by atoms with E-state index in [0.29, 0.717) is 58.5 Å². The number of aromatic nitrogens is 3. The number of carboxylic acids is 1. The van der Waals surface area contributed by atoms with Gasteiger partial charge in [0.05, 0.1) is 34.2 Å². The van der Waals surface area contributed by atoms with Crippen LogP contribution in [0.3, 0.4) is 0 Å². The molecule has 0 saturated carbocycles. The Bertz CT molecular complexity index is 1600. The van der Waals surface area contributed by atoms with E-state index in [0.717, 1.165) is 19.4 Å². The Morgan fingerprint density at radius 1 is 1.18 bits per heavy atom. The van der Waals surface area contributed by atoms with Gasteiger partial charge in [-0.3, -0.25) is 4.79 Å². The highest BCUT2D eigenvalue weighted by Crippen LogP contribution is 2.36. The lowest BCUT2D eigenvalue weighted by atomic mass is 10.1. The van der Waals surface area contributed by atoms with Crippen LogP contribution in [0.2, 0.25) is 10.0 Å². The summed E-state index contributed by atoms with van der Waals surface area (Å²) in [5.41, 5.74) is 0.791. The smallest absolute Gasteiger partial charge is 0.341 e. The third-order valence-electron chi connectivity index (χ3n) is 6.73. The molecule has 4 aromatic rings. The number of likely N-dealkylation sites (N-methyl/N-ethyl adjacent to an activating group) is 1. The third-order valence-corrected chi connectivity index (χ3v) is 7.32. The standard InChI is InChI=1S/C28H27Cl2N5O5/c1-31-9-11-39-25-7-6-17(14-33-25)35-15-20(28(37)38)26(36)19-12-22(30)24(13-23(19)35)34-10-3-4-18(34)16-40-27-21(29)5-2-8-32-27/h2,5-8,12-15,18,31H,3-4,9-11,16H2,1H3,(H,37,38)/t18-/m1/s1. The second-order valence-electron chi connectivity index (χ2n) is 9.27. The second-order valence-corrected chi connectivity index (χ2v) is 10.1. The molecular weight excluding hydrogens is 557 g/mol. The number of aromatic carboxylic acids is 1. The molecule has 10 nitrogen and oxygen atoms in total. The van der Waals surface area contributed by atoms with Gasteiger partial charge >= 0.3 is 5.97 Å². The minimum Gasteiger partial charge on any atom is -0.477 e. The number of pyridine rings is 3. The van der Waals surface area contributed by atoms with Gasteiger partial charge in [-0.25, -0.2) is 14.8 Å². The summed E-state index contributed by atoms with van der Waals surface area (Å²) < 4.78 is 13.2. The molecule has 1 aromatic carbocycles. The molecule has 1 saturated heterocycles. The number of ether oxygens (including phenoxy) is 2. The maximum atomic E-state index is 13.1. The lowest BCUT2D eigenvalue weighted by molar-refractivity contribution is 0.0695. The quantitative estimate of drug-likeness (QED) is 0.261. The van der Waals surface area contributed by atoms with Crippen molar-refractivity contribution >= 4 is 45.8 Å². The van der Waals surface area contributed by atoms with Crippen molar-refractivity contribution < 1.29 is 19.4 Å². The monoisotopic (exact) mass is 583 g/mol. The van der Waals surface area contributed by atoms with Gasteiger partial charge in [-0.15, -0.1) is 0 Å². The number of benzene rings is 1. The number of rotatable bonds is 10. The summed E-state index contributed by atoms with van der Waals surface area (Å²) in [6, 6.07) is 10.2. The highest BCUT2D eigenvalue weighted by molar-refractivity contribution is 6.34. The van der Waals surface area contributed by atoms with E-state index < -0.39 is 11.4 Å². The Balaban J connectivity index is 1.53. The molecule has 1 fully saturated rings. The summed E-state index contributed by atoms with van der Waals surface area (Å²) in [6.07, 6.45) is 6.29. The van der Waals surface area contributed by atoms with Crippen LogP contribution in [-0.2, 0) is 0 Å². The van der Waals surface area contributed by atoms with Crippen LogP contribution in [0.5, 0.6) is 11.8 Å². The van der Waals surface area contributed by atoms with Crippen molar-refractivity contribution in [2.24, 2.45) is 0 Å². The maximum absolute atomic E-state index is 13.1. The highest BCUT2D eigenvalue weighted by Gasteiger charge is 2.28. The maximum Gasteiger partial charge on any atom is 0.341 e. The first kappa shape index (κ1) is 27.7. The number of carboxylic acid groups (broad SMARTS) is 1. The zero-order valence-corrected chi connectivity index (χ0v) is 23.2. The van der Waals surface area contributed by atoms with E-state index >= 15 is 0 Å². The molecule has 12 heteroatoms. The van der Waals surface area contributed by atoms with Gasteiger partial charge in [-0.1, -0.05) is 23.2 Å². The van der Waals surface area contributed by atoms with Crippen LogP contribution >= 0.6 is 23.2 Å². The van der Waals surface area contributed by atoms with Crippen LogP contribution in [0.4, 0.5) is 5.69 Å². The fourth-order valence-electron chi connectivity index (χ4n) is 4.76. The Labute approximate surface area is 240 Å². The Morgan fingerprint density at radius 3 is 2.75 bits per heavy atom. The predicted octanol–water partition coefficient (Wildman–Crippen LogP) is 4.43. The van der Waals surface area contributed by atoms with E-state index in [9.17, 15) is 14.7 Å². The lowest BCUT2D eigenvalue weighted by Crippen LogP contribution is -2.34. The molecule has 0 amide bonds. The predicted molar refractivity (Wildman–Crippen MR) is 154 cm³/mol. The fraction of sp³-hybridized carbons (Fsp3) is 0.286. The lowest BCUT2D eigenvalue weighted by Gasteiger charge is -2.28. The zero-order chi connectivity index (χ0) is 28.2. The van der Waals surface area contributed by atoms with Gasteiger partial charge in [0, 0.05) is 36.9 Å². The van der Waals surface area contributed by atoms with E-state index in [1.54, 1.807) is 41.2 Å². The number of fused-ring (bicyclic) bond motifs is 1. The first-order chi connectivity index (χ1) is 19.4. The van der Waals surface area contributed by atoms with Crippen LogP contribution in [0, 0.1) is 0 Å². The zero-order valence-electron chi connectivity index (χ0n) is 21.6. The van der Waals surface area contributed by atoms with Crippen molar-refractivity contribution in [1.29, 1.82) is 0 Å². The SMILES string of the molecule is CNCCOc1ccc(-n2cc(C(=O)O)c(=O)c3cc(Cl)c(N4CCC[C@@H]4COc4ncccc4Cl)cc32)cn1. The Hall–Kier alpha value is -3.86. The molecule has 0 unspecified atom stereocenters. The van der Waals surface area contributed by atoms with Gasteiger partial charge in [-0.2, -0.15) is 0 Å². The van der Waals surface area contributed by atoms with Gasteiger partial charge in [-0.05, 0) is 50.2 Å². The fourth-order valence-corrected chi connectivity index (χ4v) is 5.21. The first-order valence-corrected chi connectivity index (χ1v) is 13.5. The molecule has 1 aliphatic heterocycles. The number of carbonyl (C=O) groups is 1. The molecule has 0 bridgehead atoms. The molecule has 3 aromatic heterocycles. The average molecular weight is 584 g/mol. The summed E-state index contributed by atoms with van der Waals surface area (Å²) in [6.45, 7) is 2.18. The van der Waals surface area contributed by atoms with Gasteiger partial charge < -0.3 is 29.4 Å². The van der Waals surface area contributed by atoms with Gasteiger partial charge in [0.2, 0.25) is 17.2 Å². The summed E-state index contributed by atoms with van der Waals surface area (Å²) in [7, 11) is 1.83. The van der Waals surface area contributed by atoms with Crippen LogP contribution in [0.15, 0.2) is 59.8 Å². The number of nitrogens with zero attached hydrogens (tertiary/aromatic N) is 4. The average Bonchev–Trinajstić information content (AvgIpc) is 3.41. The number of hydrogen-bond donors (Lipinski definition) is 2. The normalized spacial score (nSPS) is 15.0. The first-order valence-electron chi connectivity index (χ1n) is 12.7. The molecule has 0 aliphatic carbocycles. The van der Waals surface area contributed by atoms with Crippen molar-refractivity contribution in [2.75, 3.05) is 38.3 Å². The third kappa shape index (κ3) is 5.70. The van der Waals surface area contributed by atoms with Crippen molar-refractivity contribution in [3.63, 3.8) is 0 Å². The van der Waals surface area contributed by atoms with E-state index in [1.807, 2.05) is 13.1 Å². The summed E-state index contributed by atoms with van der Waals surface area (Å²) >= 11 is 12.9. The number of halogens is 2. The van der Waals surface area contributed by atoms with E-state index in [-0.39, 0.29) is 17.0 Å². The van der Waals surface area contributed by atoms with E-state index in [2.05, 4.69) is 20.2 Å². The van der Waals surface area contributed by atoms with E-state index in [4.69, 9.17) is 32.7 Å². The molecule has 1 aliphatic rings. The van der Waals surface area contributed by atoms with Crippen molar-refractivity contribution in [3.05, 3.63) is 80.8 Å². The number of hydrogen-bond acceptors (Lipinski definition) is 8. The molecule has 4 heterocycles. The minimum atomic E-state index is -1.33. The molecular formula is C28H27Cl2N5O5. The minimum absolute atomic E-state index is 0.0119. The number of anilines is 1. The Kier molecular flexibility index (Phi) is 8.39. The summed E-state index contributed by atoms with van der Waals surface area (Å²) in [5.74, 6) is -0.535. The summed E-state index contributed by atoms with van der Waals surface area (Å²) in [5, 5.41) is 13.7. The highest BCUT2D eigenvalue weighted by atomic mass is 35.5. The van der Waals surface area contributed by atoms with E-state index in [1.165, 1.54) is 12.3 Å². The molecule has 0 spiro atoms. The molecule has 2 N–H and O–H groups in total. The van der Waals surface area contributed by atoms with Crippen molar-refractivity contribution in [3.8, 4) is 17.4 Å². The molecule has 1 atom stereocenters. The van der Waals surface area contributed by atoms with Crippen LogP contribution in [0.25, 0.3) is 16.6 Å². The largest absolute Gasteiger partial charge is 0.477 e. The van der Waals surface area contributed by atoms with Crippen LogP contribution < -0.4 is 25.1 Å². The van der Waals surface area contributed by atoms with Crippen LogP contribution in [-0.4, -0.2) is 65.0 Å².